The molecule has 0 N–H and O–H groups in total. The molecule has 0 bridgehead atoms. The van der Waals surface area contributed by atoms with Gasteiger partial charge in [0.25, 0.3) is 0 Å². The first-order valence-corrected chi connectivity index (χ1v) is 10.6. The topological polar surface area (TPSA) is 73.8 Å². The summed E-state index contributed by atoms with van der Waals surface area (Å²) >= 11 is 0. The Morgan fingerprint density at radius 3 is 1.34 bits per heavy atom. The quantitative estimate of drug-likeness (QED) is 0.374. The second-order valence-electron chi connectivity index (χ2n) is 7.67. The molecule has 0 aliphatic carbocycles. The van der Waals surface area contributed by atoms with Crippen LogP contribution >= 0.6 is 0 Å². The molecular formula is C24H30O8. The molecule has 2 heterocycles. The third-order valence-corrected chi connectivity index (χ3v) is 6.21. The monoisotopic (exact) mass is 446 g/mol. The van der Waals surface area contributed by atoms with E-state index in [0.29, 0.717) is 24.3 Å². The lowest BCUT2D eigenvalue weighted by Crippen LogP contribution is -2.32. The summed E-state index contributed by atoms with van der Waals surface area (Å²) in [6.45, 7) is 0.448. The summed E-state index contributed by atoms with van der Waals surface area (Å²) in [7, 11) is 6.59. The van der Waals surface area contributed by atoms with Gasteiger partial charge in [-0.15, -0.1) is 0 Å². The van der Waals surface area contributed by atoms with Gasteiger partial charge in [0.05, 0.1) is 0 Å². The van der Waals surface area contributed by atoms with Crippen molar-refractivity contribution in [1.29, 1.82) is 0 Å². The van der Waals surface area contributed by atoms with Gasteiger partial charge in [-0.3, -0.25) is 0 Å². The zero-order valence-electron chi connectivity index (χ0n) is 19.0. The van der Waals surface area contributed by atoms with Crippen molar-refractivity contribution in [2.75, 3.05) is 42.0 Å². The van der Waals surface area contributed by atoms with Crippen molar-refractivity contribution >= 4 is 0 Å². The van der Waals surface area contributed by atoms with Crippen LogP contribution in [0.25, 0.3) is 0 Å². The fraction of sp³-hybridized carbons (Fsp3) is 0.500. The third kappa shape index (κ3) is 4.11. The largest absolute Gasteiger partial charge is 0.454 e. The minimum absolute atomic E-state index is 0.224. The minimum Gasteiger partial charge on any atom is -0.454 e. The average Bonchev–Trinajstić information content (AvgIpc) is 3.51. The molecule has 2 aliphatic heterocycles. The number of unbranched alkanes of at least 4 members (excludes halogenated alkanes) is 1. The van der Waals surface area contributed by atoms with Crippen molar-refractivity contribution in [2.24, 2.45) is 0 Å². The molecule has 0 aromatic heterocycles. The van der Waals surface area contributed by atoms with Gasteiger partial charge < -0.3 is 37.9 Å². The molecule has 32 heavy (non-hydrogen) atoms. The smallest absolute Gasteiger partial charge is 0.231 e. The first-order valence-electron chi connectivity index (χ1n) is 10.6. The van der Waals surface area contributed by atoms with Crippen molar-refractivity contribution in [3.8, 4) is 23.0 Å². The van der Waals surface area contributed by atoms with E-state index in [1.165, 1.54) is 0 Å². The number of ether oxygens (including phenoxy) is 8. The maximum atomic E-state index is 5.84. The third-order valence-electron chi connectivity index (χ3n) is 6.21. The molecule has 0 saturated heterocycles. The van der Waals surface area contributed by atoms with Crippen molar-refractivity contribution in [3.05, 3.63) is 47.5 Å². The molecule has 174 valence electrons. The normalized spacial score (nSPS) is 14.8. The predicted molar refractivity (Wildman–Crippen MR) is 115 cm³/mol. The predicted octanol–water partition coefficient (Wildman–Crippen LogP) is 4.30. The summed E-state index contributed by atoms with van der Waals surface area (Å²) in [5.41, 5.74) is 1.76. The molecule has 8 heteroatoms. The van der Waals surface area contributed by atoms with Gasteiger partial charge in [-0.1, -0.05) is 0 Å². The van der Waals surface area contributed by atoms with Gasteiger partial charge in [-0.2, -0.15) is 0 Å². The van der Waals surface area contributed by atoms with E-state index in [4.69, 9.17) is 37.9 Å². The Labute approximate surface area is 188 Å². The maximum Gasteiger partial charge on any atom is 0.231 e. The Kier molecular flexibility index (Phi) is 6.76. The van der Waals surface area contributed by atoms with E-state index in [0.717, 1.165) is 35.5 Å². The molecule has 0 radical (unpaired) electrons. The Bertz CT molecular complexity index is 845. The zero-order valence-corrected chi connectivity index (χ0v) is 19.0. The maximum absolute atomic E-state index is 5.84. The molecule has 8 nitrogen and oxygen atoms in total. The summed E-state index contributed by atoms with van der Waals surface area (Å²) in [4.78, 5) is 0. The van der Waals surface area contributed by atoms with E-state index < -0.39 is 11.6 Å². The van der Waals surface area contributed by atoms with Gasteiger partial charge in [0.15, 0.2) is 34.6 Å². The molecule has 2 aromatic carbocycles. The van der Waals surface area contributed by atoms with Crippen LogP contribution in [0.15, 0.2) is 36.4 Å². The van der Waals surface area contributed by atoms with Crippen molar-refractivity contribution < 1.29 is 37.9 Å². The first kappa shape index (κ1) is 22.7. The molecular weight excluding hydrogens is 416 g/mol. The number of benzene rings is 2. The molecule has 0 amide bonds. The Hall–Kier alpha value is -2.52. The lowest BCUT2D eigenvalue weighted by Gasteiger charge is -2.33. The lowest BCUT2D eigenvalue weighted by atomic mass is 9.94. The van der Waals surface area contributed by atoms with Crippen LogP contribution in [0.1, 0.15) is 36.8 Å². The number of hydrogen-bond donors (Lipinski definition) is 0. The Morgan fingerprint density at radius 2 is 0.969 bits per heavy atom. The van der Waals surface area contributed by atoms with Crippen LogP contribution in [0.5, 0.6) is 23.0 Å². The zero-order chi connectivity index (χ0) is 22.6. The molecule has 0 saturated carbocycles. The second-order valence-corrected chi connectivity index (χ2v) is 7.67. The molecule has 0 atom stereocenters. The van der Waals surface area contributed by atoms with Crippen LogP contribution in [0.4, 0.5) is 0 Å². The molecule has 0 fully saturated rings. The lowest BCUT2D eigenvalue weighted by molar-refractivity contribution is -0.229. The van der Waals surface area contributed by atoms with Gasteiger partial charge in [0, 0.05) is 52.4 Å². The van der Waals surface area contributed by atoms with E-state index in [2.05, 4.69) is 0 Å². The highest BCUT2D eigenvalue weighted by Gasteiger charge is 2.36. The number of fused-ring (bicyclic) bond motifs is 2. The molecule has 2 aromatic rings. The van der Waals surface area contributed by atoms with E-state index >= 15 is 0 Å². The van der Waals surface area contributed by atoms with Gasteiger partial charge in [-0.25, -0.2) is 0 Å². The molecule has 0 spiro atoms. The second kappa shape index (κ2) is 9.54. The number of hydrogen-bond acceptors (Lipinski definition) is 8. The summed E-state index contributed by atoms with van der Waals surface area (Å²) < 4.78 is 45.2. The van der Waals surface area contributed by atoms with Crippen molar-refractivity contribution in [1.82, 2.24) is 0 Å². The van der Waals surface area contributed by atoms with Crippen molar-refractivity contribution in [2.45, 2.75) is 37.3 Å². The number of rotatable bonds is 11. The van der Waals surface area contributed by atoms with Crippen LogP contribution in [-0.4, -0.2) is 42.0 Å². The summed E-state index contributed by atoms with van der Waals surface area (Å²) in [6.07, 6.45) is 2.92. The molecule has 2 aliphatic rings. The van der Waals surface area contributed by atoms with Gasteiger partial charge in [0.2, 0.25) is 13.6 Å². The summed E-state index contributed by atoms with van der Waals surface area (Å²) in [6, 6.07) is 11.5. The van der Waals surface area contributed by atoms with Crippen LogP contribution in [0.2, 0.25) is 0 Å². The van der Waals surface area contributed by atoms with Gasteiger partial charge in [-0.05, 0) is 49.2 Å². The highest BCUT2D eigenvalue weighted by atomic mass is 16.7. The highest BCUT2D eigenvalue weighted by molar-refractivity contribution is 5.46. The summed E-state index contributed by atoms with van der Waals surface area (Å²) in [5.74, 6) is 1.07. The minimum atomic E-state index is -0.886. The molecule has 0 unspecified atom stereocenters. The SMILES string of the molecule is COC(CCCCC(OC)(OC)c1ccc2c(c1)OCO2)(OC)c1ccc2c(c1)OCO2. The highest BCUT2D eigenvalue weighted by Crippen LogP contribution is 2.42. The van der Waals surface area contributed by atoms with Gasteiger partial charge >= 0.3 is 0 Å². The summed E-state index contributed by atoms with van der Waals surface area (Å²) in [5, 5.41) is 0. The van der Waals surface area contributed by atoms with E-state index in [1.54, 1.807) is 28.4 Å². The first-order chi connectivity index (χ1) is 15.6. The number of methoxy groups -OCH3 is 4. The van der Waals surface area contributed by atoms with Crippen molar-refractivity contribution in [3.63, 3.8) is 0 Å². The fourth-order valence-corrected chi connectivity index (χ4v) is 4.32. The Morgan fingerprint density at radius 1 is 0.594 bits per heavy atom. The van der Waals surface area contributed by atoms with E-state index in [-0.39, 0.29) is 13.6 Å². The van der Waals surface area contributed by atoms with Gasteiger partial charge in [0.1, 0.15) is 0 Å². The van der Waals surface area contributed by atoms with Crippen LogP contribution in [-0.2, 0) is 30.5 Å². The van der Waals surface area contributed by atoms with E-state index in [9.17, 15) is 0 Å². The van der Waals surface area contributed by atoms with E-state index in [1.807, 2.05) is 36.4 Å². The molecule has 4 rings (SSSR count). The van der Waals surface area contributed by atoms with Crippen LogP contribution in [0, 0.1) is 0 Å². The average molecular weight is 446 g/mol. The fourth-order valence-electron chi connectivity index (χ4n) is 4.32. The van der Waals surface area contributed by atoms with Crippen LogP contribution < -0.4 is 18.9 Å². The Balaban J connectivity index is 1.44. The standard InChI is InChI=1S/C24H30O8/c1-25-23(26-2,17-7-9-19-21(13-17)31-15-29-19)11-5-6-12-24(27-3,28-4)18-8-10-20-22(14-18)32-16-30-20/h7-10,13-14H,5-6,11-12,15-16H2,1-4H3. The van der Waals surface area contributed by atoms with Crippen LogP contribution in [0.3, 0.4) is 0 Å².